The SMILES string of the molecule is Cl.N[C@@H]1CCC[C@H]1CC(=O)N1CCOC(c2cccc(F)c2)C1. The number of ether oxygens (including phenoxy) is 1. The topological polar surface area (TPSA) is 55.6 Å². The Morgan fingerprint density at radius 1 is 1.39 bits per heavy atom. The number of carbonyl (C=O) groups excluding carboxylic acids is 1. The molecular formula is C17H24ClFN2O2. The molecule has 128 valence electrons. The molecule has 1 aromatic carbocycles. The first-order chi connectivity index (χ1) is 10.6. The average Bonchev–Trinajstić information content (AvgIpc) is 2.92. The van der Waals surface area contributed by atoms with Gasteiger partial charge in [-0.15, -0.1) is 12.4 Å². The van der Waals surface area contributed by atoms with Gasteiger partial charge in [0.05, 0.1) is 13.2 Å². The number of morpholine rings is 1. The fourth-order valence-corrected chi connectivity index (χ4v) is 3.46. The predicted molar refractivity (Wildman–Crippen MR) is 88.9 cm³/mol. The Hall–Kier alpha value is -1.17. The minimum Gasteiger partial charge on any atom is -0.370 e. The van der Waals surface area contributed by atoms with Crippen LogP contribution in [0.5, 0.6) is 0 Å². The van der Waals surface area contributed by atoms with Gasteiger partial charge < -0.3 is 15.4 Å². The molecule has 0 bridgehead atoms. The van der Waals surface area contributed by atoms with Crippen LogP contribution in [0.15, 0.2) is 24.3 Å². The van der Waals surface area contributed by atoms with E-state index < -0.39 is 0 Å². The van der Waals surface area contributed by atoms with Crippen LogP contribution in [-0.4, -0.2) is 36.5 Å². The van der Waals surface area contributed by atoms with Crippen molar-refractivity contribution in [1.29, 1.82) is 0 Å². The van der Waals surface area contributed by atoms with Crippen molar-refractivity contribution in [2.24, 2.45) is 11.7 Å². The second-order valence-corrected chi connectivity index (χ2v) is 6.31. The zero-order valence-electron chi connectivity index (χ0n) is 13.1. The average molecular weight is 343 g/mol. The van der Waals surface area contributed by atoms with Gasteiger partial charge in [-0.25, -0.2) is 4.39 Å². The maximum absolute atomic E-state index is 13.3. The smallest absolute Gasteiger partial charge is 0.223 e. The third kappa shape index (κ3) is 4.43. The molecule has 0 spiro atoms. The summed E-state index contributed by atoms with van der Waals surface area (Å²) < 4.78 is 19.0. The van der Waals surface area contributed by atoms with Gasteiger partial charge in [0.25, 0.3) is 0 Å². The third-order valence-electron chi connectivity index (χ3n) is 4.79. The number of halogens is 2. The highest BCUT2D eigenvalue weighted by Gasteiger charge is 2.30. The summed E-state index contributed by atoms with van der Waals surface area (Å²) in [6.07, 6.45) is 3.47. The second-order valence-electron chi connectivity index (χ2n) is 6.31. The van der Waals surface area contributed by atoms with E-state index in [0.29, 0.717) is 32.0 Å². The molecule has 23 heavy (non-hydrogen) atoms. The lowest BCUT2D eigenvalue weighted by Gasteiger charge is -2.34. The summed E-state index contributed by atoms with van der Waals surface area (Å²) in [5.41, 5.74) is 6.84. The van der Waals surface area contributed by atoms with E-state index in [1.807, 2.05) is 11.0 Å². The first-order valence-corrected chi connectivity index (χ1v) is 8.04. The maximum atomic E-state index is 13.3. The lowest BCUT2D eigenvalue weighted by atomic mass is 9.99. The number of nitrogens with zero attached hydrogens (tertiary/aromatic N) is 1. The number of carbonyl (C=O) groups is 1. The molecule has 1 saturated carbocycles. The van der Waals surface area contributed by atoms with Gasteiger partial charge in [-0.3, -0.25) is 4.79 Å². The molecule has 2 fully saturated rings. The number of nitrogens with two attached hydrogens (primary N) is 1. The van der Waals surface area contributed by atoms with Crippen LogP contribution in [0.3, 0.4) is 0 Å². The van der Waals surface area contributed by atoms with Gasteiger partial charge in [0.15, 0.2) is 0 Å². The van der Waals surface area contributed by atoms with Crippen molar-refractivity contribution in [2.45, 2.75) is 37.8 Å². The van der Waals surface area contributed by atoms with Gasteiger partial charge in [0.1, 0.15) is 11.9 Å². The van der Waals surface area contributed by atoms with Crippen LogP contribution < -0.4 is 5.73 Å². The number of benzene rings is 1. The van der Waals surface area contributed by atoms with E-state index in [0.717, 1.165) is 24.8 Å². The summed E-state index contributed by atoms with van der Waals surface area (Å²) in [6, 6.07) is 6.56. The van der Waals surface area contributed by atoms with Crippen molar-refractivity contribution in [3.8, 4) is 0 Å². The van der Waals surface area contributed by atoms with E-state index in [1.54, 1.807) is 6.07 Å². The molecule has 1 amide bonds. The largest absolute Gasteiger partial charge is 0.370 e. The highest BCUT2D eigenvalue weighted by atomic mass is 35.5. The molecule has 4 nitrogen and oxygen atoms in total. The summed E-state index contributed by atoms with van der Waals surface area (Å²) in [7, 11) is 0. The lowest BCUT2D eigenvalue weighted by molar-refractivity contribution is -0.140. The molecule has 1 heterocycles. The molecule has 0 aromatic heterocycles. The molecule has 6 heteroatoms. The van der Waals surface area contributed by atoms with E-state index in [-0.39, 0.29) is 36.3 Å². The highest BCUT2D eigenvalue weighted by molar-refractivity contribution is 5.85. The molecule has 0 radical (unpaired) electrons. The van der Waals surface area contributed by atoms with Crippen LogP contribution in [0, 0.1) is 11.7 Å². The van der Waals surface area contributed by atoms with Gasteiger partial charge in [-0.05, 0) is 36.5 Å². The molecule has 3 rings (SSSR count). The van der Waals surface area contributed by atoms with Crippen LogP contribution in [0.1, 0.15) is 37.4 Å². The summed E-state index contributed by atoms with van der Waals surface area (Å²) in [5, 5.41) is 0. The molecule has 2 aliphatic rings. The minimum absolute atomic E-state index is 0. The number of amides is 1. The summed E-state index contributed by atoms with van der Waals surface area (Å²) in [5.74, 6) is 0.177. The number of hydrogen-bond donors (Lipinski definition) is 1. The Bertz CT molecular complexity index is 543. The molecule has 1 aromatic rings. The normalized spacial score (nSPS) is 27.6. The number of hydrogen-bond acceptors (Lipinski definition) is 3. The zero-order valence-corrected chi connectivity index (χ0v) is 13.9. The van der Waals surface area contributed by atoms with Crippen molar-refractivity contribution >= 4 is 18.3 Å². The first-order valence-electron chi connectivity index (χ1n) is 8.04. The van der Waals surface area contributed by atoms with Crippen molar-refractivity contribution < 1.29 is 13.9 Å². The van der Waals surface area contributed by atoms with E-state index in [4.69, 9.17) is 10.5 Å². The predicted octanol–water partition coefficient (Wildman–Crippen LogP) is 2.66. The molecule has 1 unspecified atom stereocenters. The molecule has 1 saturated heterocycles. The third-order valence-corrected chi connectivity index (χ3v) is 4.79. The summed E-state index contributed by atoms with van der Waals surface area (Å²) in [4.78, 5) is 14.3. The Morgan fingerprint density at radius 2 is 2.22 bits per heavy atom. The van der Waals surface area contributed by atoms with Crippen LogP contribution in [0.2, 0.25) is 0 Å². The van der Waals surface area contributed by atoms with Crippen LogP contribution in [-0.2, 0) is 9.53 Å². The molecule has 1 aliphatic carbocycles. The van der Waals surface area contributed by atoms with Crippen LogP contribution >= 0.6 is 12.4 Å². The minimum atomic E-state index is -0.276. The Kier molecular flexibility index (Phi) is 6.39. The van der Waals surface area contributed by atoms with E-state index in [1.165, 1.54) is 12.1 Å². The summed E-state index contributed by atoms with van der Waals surface area (Å²) >= 11 is 0. The van der Waals surface area contributed by atoms with Gasteiger partial charge >= 0.3 is 0 Å². The lowest BCUT2D eigenvalue weighted by Crippen LogP contribution is -2.43. The van der Waals surface area contributed by atoms with Crippen molar-refractivity contribution in [2.75, 3.05) is 19.7 Å². The zero-order chi connectivity index (χ0) is 15.5. The Morgan fingerprint density at radius 3 is 2.91 bits per heavy atom. The second kappa shape index (κ2) is 8.08. The first kappa shape index (κ1) is 18.2. The fraction of sp³-hybridized carbons (Fsp3) is 0.588. The molecule has 1 aliphatic heterocycles. The van der Waals surface area contributed by atoms with Crippen molar-refractivity contribution in [3.63, 3.8) is 0 Å². The Balaban J connectivity index is 0.00000192. The van der Waals surface area contributed by atoms with E-state index in [2.05, 4.69) is 0 Å². The fourth-order valence-electron chi connectivity index (χ4n) is 3.46. The van der Waals surface area contributed by atoms with Gasteiger partial charge in [-0.1, -0.05) is 18.6 Å². The molecule has 2 N–H and O–H groups in total. The van der Waals surface area contributed by atoms with Gasteiger partial charge in [-0.2, -0.15) is 0 Å². The van der Waals surface area contributed by atoms with Crippen molar-refractivity contribution in [3.05, 3.63) is 35.6 Å². The number of rotatable bonds is 3. The molecule has 3 atom stereocenters. The highest BCUT2D eigenvalue weighted by Crippen LogP contribution is 2.29. The summed E-state index contributed by atoms with van der Waals surface area (Å²) in [6.45, 7) is 1.58. The van der Waals surface area contributed by atoms with Gasteiger partial charge in [0.2, 0.25) is 5.91 Å². The Labute approximate surface area is 142 Å². The van der Waals surface area contributed by atoms with Crippen molar-refractivity contribution in [1.82, 2.24) is 4.90 Å². The monoisotopic (exact) mass is 342 g/mol. The standard InChI is InChI=1S/C17H23FN2O2.ClH/c18-14-5-1-4-13(9-14)16-11-20(7-8-22-16)17(21)10-12-3-2-6-15(12)19;/h1,4-5,9,12,15-16H,2-3,6-8,10-11,19H2;1H/t12-,15+,16?;/m0./s1. The maximum Gasteiger partial charge on any atom is 0.223 e. The molecular weight excluding hydrogens is 319 g/mol. The van der Waals surface area contributed by atoms with E-state index >= 15 is 0 Å². The van der Waals surface area contributed by atoms with Crippen LogP contribution in [0.4, 0.5) is 4.39 Å². The van der Waals surface area contributed by atoms with Gasteiger partial charge in [0, 0.05) is 19.0 Å². The van der Waals surface area contributed by atoms with Crippen LogP contribution in [0.25, 0.3) is 0 Å². The quantitative estimate of drug-likeness (QED) is 0.918. The van der Waals surface area contributed by atoms with E-state index in [9.17, 15) is 9.18 Å².